The maximum Gasteiger partial charge on any atom is 0.351 e. The zero-order valence-electron chi connectivity index (χ0n) is 19.4. The van der Waals surface area contributed by atoms with Crippen LogP contribution in [-0.4, -0.2) is 66.3 Å². The highest BCUT2D eigenvalue weighted by molar-refractivity contribution is 5.93. The molecule has 0 aromatic carbocycles. The van der Waals surface area contributed by atoms with Gasteiger partial charge >= 0.3 is 11.9 Å². The molecule has 8 nitrogen and oxygen atoms in total. The second-order valence-corrected chi connectivity index (χ2v) is 8.78. The van der Waals surface area contributed by atoms with Crippen LogP contribution < -0.4 is 10.6 Å². The third-order valence-electron chi connectivity index (χ3n) is 4.85. The van der Waals surface area contributed by atoms with Crippen molar-refractivity contribution in [2.75, 3.05) is 14.1 Å². The summed E-state index contributed by atoms with van der Waals surface area (Å²) in [6.07, 6.45) is -0.916. The van der Waals surface area contributed by atoms with Gasteiger partial charge in [0.2, 0.25) is 5.60 Å². The average molecular weight is 417 g/mol. The maximum absolute atomic E-state index is 13.1. The molecule has 0 spiro atoms. The second-order valence-electron chi connectivity index (χ2n) is 8.78. The van der Waals surface area contributed by atoms with Crippen LogP contribution in [0.25, 0.3) is 0 Å². The number of aliphatic hydroxyl groups is 1. The molecule has 3 N–H and O–H groups in total. The van der Waals surface area contributed by atoms with Gasteiger partial charge in [0, 0.05) is 6.42 Å². The molecule has 0 aromatic heterocycles. The molecule has 0 aliphatic heterocycles. The number of esters is 2. The Labute approximate surface area is 175 Å². The molecule has 0 amide bonds. The minimum Gasteiger partial charge on any atom is -0.457 e. The molecule has 0 aliphatic rings. The average Bonchev–Trinajstić information content (AvgIpc) is 2.58. The molecule has 29 heavy (non-hydrogen) atoms. The van der Waals surface area contributed by atoms with Crippen molar-refractivity contribution >= 4 is 17.7 Å². The van der Waals surface area contributed by atoms with Crippen LogP contribution in [0.1, 0.15) is 67.7 Å². The normalized spacial score (nSPS) is 18.1. The number of carbonyl (C=O) groups excluding carboxylic acids is 3. The number of likely N-dealkylation sites (N-methyl/N-ethyl adjacent to an activating group) is 2. The number of ether oxygens (including phenoxy) is 2. The highest BCUT2D eigenvalue weighted by Gasteiger charge is 2.49. The zero-order chi connectivity index (χ0) is 23.0. The molecule has 2 unspecified atom stereocenters. The maximum atomic E-state index is 13.1. The molecule has 8 heteroatoms. The summed E-state index contributed by atoms with van der Waals surface area (Å²) >= 11 is 0. The van der Waals surface area contributed by atoms with E-state index in [1.54, 1.807) is 41.8 Å². The molecule has 0 bridgehead atoms. The standard InChI is InChI=1S/C21H40N2O6/c1-10-13(2)17(23-9)18(26)28-21(11-14(3)24,12-16(25)15(4)22-8)19(27)29-20(5,6)7/h13-15,17,22-24H,10-12H2,1-9H3/t13-,14?,15-,17-,21?/m0/s1. The molecule has 0 fully saturated rings. The Morgan fingerprint density at radius 2 is 1.55 bits per heavy atom. The molecule has 0 aromatic rings. The van der Waals surface area contributed by atoms with Crippen molar-refractivity contribution in [2.45, 2.75) is 97.1 Å². The van der Waals surface area contributed by atoms with E-state index < -0.39 is 47.7 Å². The van der Waals surface area contributed by atoms with Gasteiger partial charge in [-0.05, 0) is 54.6 Å². The van der Waals surface area contributed by atoms with Crippen LogP contribution in [-0.2, 0) is 23.9 Å². The van der Waals surface area contributed by atoms with Crippen molar-refractivity contribution in [3.63, 3.8) is 0 Å². The number of Topliss-reactive ketones (excluding diaryl/α,β-unsaturated/α-hetero) is 1. The van der Waals surface area contributed by atoms with Gasteiger partial charge in [-0.15, -0.1) is 0 Å². The number of aliphatic hydroxyl groups excluding tert-OH is 1. The monoisotopic (exact) mass is 416 g/mol. The van der Waals surface area contributed by atoms with E-state index in [0.717, 1.165) is 0 Å². The van der Waals surface area contributed by atoms with Crippen molar-refractivity contribution in [1.29, 1.82) is 0 Å². The van der Waals surface area contributed by atoms with E-state index in [-0.39, 0.29) is 18.1 Å². The summed E-state index contributed by atoms with van der Waals surface area (Å²) in [5.41, 5.74) is -2.77. The van der Waals surface area contributed by atoms with E-state index in [2.05, 4.69) is 10.6 Å². The Bertz CT molecular complexity index is 558. The smallest absolute Gasteiger partial charge is 0.351 e. The van der Waals surface area contributed by atoms with Gasteiger partial charge in [0.15, 0.2) is 5.78 Å². The fourth-order valence-corrected chi connectivity index (χ4v) is 2.92. The van der Waals surface area contributed by atoms with Gasteiger partial charge in [0.05, 0.1) is 18.6 Å². The van der Waals surface area contributed by atoms with Gasteiger partial charge in [-0.3, -0.25) is 9.59 Å². The number of carbonyl (C=O) groups is 3. The van der Waals surface area contributed by atoms with Crippen LogP contribution in [0.4, 0.5) is 0 Å². The lowest BCUT2D eigenvalue weighted by Gasteiger charge is -2.36. The van der Waals surface area contributed by atoms with Gasteiger partial charge in [-0.2, -0.15) is 0 Å². The summed E-state index contributed by atoms with van der Waals surface area (Å²) in [6, 6.07) is -1.22. The lowest BCUT2D eigenvalue weighted by Crippen LogP contribution is -2.54. The SMILES string of the molecule is CC[C@H](C)[C@H](NC)C(=O)OC(CC(=O)[C@H](C)NC)(CC(C)O)C(=O)OC(C)(C)C. The minimum atomic E-state index is -1.91. The molecule has 5 atom stereocenters. The van der Waals surface area contributed by atoms with Crippen LogP contribution in [0.5, 0.6) is 0 Å². The summed E-state index contributed by atoms with van der Waals surface area (Å²) in [5.74, 6) is -1.87. The quantitative estimate of drug-likeness (QED) is 0.411. The van der Waals surface area contributed by atoms with Gasteiger partial charge in [-0.25, -0.2) is 4.79 Å². The fourth-order valence-electron chi connectivity index (χ4n) is 2.92. The van der Waals surface area contributed by atoms with Gasteiger partial charge in [0.25, 0.3) is 0 Å². The highest BCUT2D eigenvalue weighted by Crippen LogP contribution is 2.30. The lowest BCUT2D eigenvalue weighted by molar-refractivity contribution is -0.197. The molecular formula is C21H40N2O6. The Hall–Kier alpha value is -1.51. The Morgan fingerprint density at radius 3 is 1.93 bits per heavy atom. The fraction of sp³-hybridized carbons (Fsp3) is 0.857. The van der Waals surface area contributed by atoms with E-state index in [4.69, 9.17) is 9.47 Å². The minimum absolute atomic E-state index is 0.0534. The molecule has 0 heterocycles. The number of hydrogen-bond acceptors (Lipinski definition) is 8. The Kier molecular flexibility index (Phi) is 11.0. The van der Waals surface area contributed by atoms with E-state index in [0.29, 0.717) is 6.42 Å². The highest BCUT2D eigenvalue weighted by atomic mass is 16.6. The number of rotatable bonds is 12. The van der Waals surface area contributed by atoms with Crippen LogP contribution >= 0.6 is 0 Å². The summed E-state index contributed by atoms with van der Waals surface area (Å²) in [7, 11) is 3.26. The number of ketones is 1. The molecular weight excluding hydrogens is 376 g/mol. The zero-order valence-corrected chi connectivity index (χ0v) is 19.4. The summed E-state index contributed by atoms with van der Waals surface area (Å²) < 4.78 is 11.2. The van der Waals surface area contributed by atoms with Crippen molar-refractivity contribution in [3.05, 3.63) is 0 Å². The number of nitrogens with one attached hydrogen (secondary N) is 2. The first-order valence-corrected chi connectivity index (χ1v) is 10.2. The van der Waals surface area contributed by atoms with Gasteiger partial charge in [0.1, 0.15) is 11.6 Å². The predicted octanol–water partition coefficient (Wildman–Crippen LogP) is 1.58. The molecule has 0 saturated heterocycles. The second kappa shape index (κ2) is 11.6. The first-order valence-electron chi connectivity index (χ1n) is 10.2. The van der Waals surface area contributed by atoms with Gasteiger partial charge < -0.3 is 25.2 Å². The lowest BCUT2D eigenvalue weighted by atomic mass is 9.88. The van der Waals surface area contributed by atoms with E-state index in [1.165, 1.54) is 6.92 Å². The van der Waals surface area contributed by atoms with Crippen molar-refractivity contribution in [3.8, 4) is 0 Å². The largest absolute Gasteiger partial charge is 0.457 e. The topological polar surface area (TPSA) is 114 Å². The van der Waals surface area contributed by atoms with Gasteiger partial charge in [-0.1, -0.05) is 20.3 Å². The summed E-state index contributed by atoms with van der Waals surface area (Å²) in [5, 5.41) is 15.8. The van der Waals surface area contributed by atoms with Crippen LogP contribution in [0, 0.1) is 5.92 Å². The van der Waals surface area contributed by atoms with Crippen molar-refractivity contribution in [2.24, 2.45) is 5.92 Å². The van der Waals surface area contributed by atoms with Crippen LogP contribution in [0.3, 0.4) is 0 Å². The third-order valence-corrected chi connectivity index (χ3v) is 4.85. The molecule has 170 valence electrons. The number of hydrogen-bond donors (Lipinski definition) is 3. The predicted molar refractivity (Wildman–Crippen MR) is 111 cm³/mol. The first-order chi connectivity index (χ1) is 13.2. The third kappa shape index (κ3) is 8.80. The summed E-state index contributed by atoms with van der Waals surface area (Å²) in [6.45, 7) is 12.0. The Morgan fingerprint density at radius 1 is 1.00 bits per heavy atom. The molecule has 0 radical (unpaired) electrons. The first kappa shape index (κ1) is 27.5. The van der Waals surface area contributed by atoms with E-state index in [9.17, 15) is 19.5 Å². The Balaban J connectivity index is 6.15. The van der Waals surface area contributed by atoms with E-state index in [1.807, 2.05) is 13.8 Å². The van der Waals surface area contributed by atoms with Crippen LogP contribution in [0.15, 0.2) is 0 Å². The molecule has 0 rings (SSSR count). The van der Waals surface area contributed by atoms with Crippen LogP contribution in [0.2, 0.25) is 0 Å². The molecule has 0 saturated carbocycles. The van der Waals surface area contributed by atoms with Crippen molar-refractivity contribution in [1.82, 2.24) is 10.6 Å². The molecule has 0 aliphatic carbocycles. The van der Waals surface area contributed by atoms with Crippen molar-refractivity contribution < 1.29 is 29.0 Å². The van der Waals surface area contributed by atoms with E-state index >= 15 is 0 Å². The summed E-state index contributed by atoms with van der Waals surface area (Å²) in [4.78, 5) is 38.8.